The van der Waals surface area contributed by atoms with Crippen LogP contribution in [0.4, 0.5) is 0 Å². The number of hydrogen-bond acceptors (Lipinski definition) is 2. The molecule has 3 rings (SSSR count). The normalized spacial score (nSPS) is 29.3. The molecule has 0 N–H and O–H groups in total. The van der Waals surface area contributed by atoms with E-state index in [9.17, 15) is 0 Å². The summed E-state index contributed by atoms with van der Waals surface area (Å²) in [5.41, 5.74) is 1.59. The average Bonchev–Trinajstić information content (AvgIpc) is 2.57. The van der Waals surface area contributed by atoms with Gasteiger partial charge in [-0.15, -0.1) is 0 Å². The maximum atomic E-state index is 2.43. The van der Waals surface area contributed by atoms with E-state index >= 15 is 0 Å². The third kappa shape index (κ3) is 10.9. The number of nitrogens with zero attached hydrogens (tertiary/aromatic N) is 2. The van der Waals surface area contributed by atoms with Gasteiger partial charge < -0.3 is 9.80 Å². The molecule has 0 aromatic rings. The lowest BCUT2D eigenvalue weighted by molar-refractivity contribution is 0.0459. The Morgan fingerprint density at radius 3 is 1.16 bits per heavy atom. The molecular weight excluding hydrogens is 388 g/mol. The molecule has 32 heavy (non-hydrogen) atoms. The molecule has 0 bridgehead atoms. The number of likely N-dealkylation sites (tertiary alicyclic amines) is 2. The van der Waals surface area contributed by atoms with Gasteiger partial charge in [0.05, 0.1) is 0 Å². The topological polar surface area (TPSA) is 6.48 Å². The fourth-order valence-corrected chi connectivity index (χ4v) is 5.78. The summed E-state index contributed by atoms with van der Waals surface area (Å²) < 4.78 is 0. The van der Waals surface area contributed by atoms with E-state index in [4.69, 9.17) is 0 Å². The Labute approximate surface area is 204 Å². The van der Waals surface area contributed by atoms with Crippen LogP contribution in [0.2, 0.25) is 0 Å². The summed E-state index contributed by atoms with van der Waals surface area (Å²) in [7, 11) is 4.40. The van der Waals surface area contributed by atoms with Crippen LogP contribution < -0.4 is 0 Å². The first-order chi connectivity index (χ1) is 14.4. The summed E-state index contributed by atoms with van der Waals surface area (Å²) in [6.07, 6.45) is 7.13. The van der Waals surface area contributed by atoms with Crippen LogP contribution in [0.5, 0.6) is 0 Å². The van der Waals surface area contributed by atoms with Crippen LogP contribution in [0.1, 0.15) is 108 Å². The lowest BCUT2D eigenvalue weighted by Crippen LogP contribution is -2.49. The van der Waals surface area contributed by atoms with Crippen molar-refractivity contribution in [3.8, 4) is 0 Å². The van der Waals surface area contributed by atoms with Gasteiger partial charge >= 0.3 is 0 Å². The first kappa shape index (κ1) is 30.0. The summed E-state index contributed by atoms with van der Waals surface area (Å²) in [6.45, 7) is 31.2. The second-order valence-electron chi connectivity index (χ2n) is 15.2. The highest BCUT2D eigenvalue weighted by Crippen LogP contribution is 2.42. The molecule has 1 saturated carbocycles. The lowest BCUT2D eigenvalue weighted by Gasteiger charge is -2.44. The van der Waals surface area contributed by atoms with Crippen molar-refractivity contribution in [2.45, 2.75) is 108 Å². The minimum atomic E-state index is 0.529. The minimum absolute atomic E-state index is 0.529. The van der Waals surface area contributed by atoms with Crippen molar-refractivity contribution in [3.05, 3.63) is 0 Å². The second kappa shape index (κ2) is 12.1. The molecule has 3 aliphatic rings. The largest absolute Gasteiger partial charge is 0.306 e. The van der Waals surface area contributed by atoms with Crippen molar-refractivity contribution >= 4 is 0 Å². The Balaban J connectivity index is 0.000000242. The molecule has 2 atom stereocenters. The summed E-state index contributed by atoms with van der Waals surface area (Å²) in [4.78, 5) is 4.80. The van der Waals surface area contributed by atoms with Crippen LogP contribution in [0.15, 0.2) is 0 Å². The average molecular weight is 451 g/mol. The highest BCUT2D eigenvalue weighted by Gasteiger charge is 2.33. The molecule has 1 aliphatic carbocycles. The Morgan fingerprint density at radius 1 is 0.500 bits per heavy atom. The third-order valence-electron chi connectivity index (χ3n) is 8.64. The molecule has 0 radical (unpaired) electrons. The molecule has 192 valence electrons. The molecule has 2 saturated heterocycles. The van der Waals surface area contributed by atoms with Gasteiger partial charge in [-0.1, -0.05) is 76.2 Å². The highest BCUT2D eigenvalue weighted by atomic mass is 15.2. The first-order valence-corrected chi connectivity index (χ1v) is 13.8. The van der Waals surface area contributed by atoms with Crippen molar-refractivity contribution in [1.29, 1.82) is 0 Å². The van der Waals surface area contributed by atoms with Crippen LogP contribution >= 0.6 is 0 Å². The Morgan fingerprint density at radius 2 is 0.875 bits per heavy atom. The van der Waals surface area contributed by atoms with E-state index in [0.29, 0.717) is 16.2 Å². The minimum Gasteiger partial charge on any atom is -0.306 e. The standard InChI is InChI=1S/C12H24.C10H21N.C8H17N/c1-9-6-10(2)8-11(7-9)12(3,4)5;1-10(2,3)9-5-7-11(4)8-6-9;1-8(2,3)7-5-9(4)6-7/h9-11H,6-8H2,1-5H3;9H,5-8H2,1-4H3;7H,5-6H2,1-4H3. The van der Waals surface area contributed by atoms with Crippen LogP contribution in [-0.2, 0) is 0 Å². The summed E-state index contributed by atoms with van der Waals surface area (Å²) in [5.74, 6) is 4.74. The fraction of sp³-hybridized carbons (Fsp3) is 1.00. The molecule has 0 amide bonds. The molecule has 3 fully saturated rings. The third-order valence-corrected chi connectivity index (χ3v) is 8.64. The van der Waals surface area contributed by atoms with Crippen molar-refractivity contribution in [2.75, 3.05) is 40.3 Å². The van der Waals surface area contributed by atoms with Gasteiger partial charge in [-0.2, -0.15) is 0 Å². The predicted molar refractivity (Wildman–Crippen MR) is 145 cm³/mol. The zero-order valence-corrected chi connectivity index (χ0v) is 24.6. The SMILES string of the molecule is CC1CC(C)CC(C(C)(C)C)C1.CN1CC(C(C)(C)C)C1.CN1CCC(C(C)(C)C)CC1. The summed E-state index contributed by atoms with van der Waals surface area (Å²) in [5, 5.41) is 0. The number of rotatable bonds is 0. The van der Waals surface area contributed by atoms with Gasteiger partial charge in [0.15, 0.2) is 0 Å². The van der Waals surface area contributed by atoms with Crippen molar-refractivity contribution in [1.82, 2.24) is 9.80 Å². The van der Waals surface area contributed by atoms with Crippen LogP contribution in [0, 0.1) is 45.8 Å². The first-order valence-electron chi connectivity index (χ1n) is 13.8. The maximum absolute atomic E-state index is 2.43. The smallest absolute Gasteiger partial charge is 0.00240 e. The second-order valence-corrected chi connectivity index (χ2v) is 15.2. The van der Waals surface area contributed by atoms with E-state index in [1.54, 1.807) is 0 Å². The predicted octanol–water partition coefficient (Wildman–Crippen LogP) is 8.07. The monoisotopic (exact) mass is 450 g/mol. The van der Waals surface area contributed by atoms with Gasteiger partial charge in [0.25, 0.3) is 0 Å². The highest BCUT2D eigenvalue weighted by molar-refractivity contribution is 4.86. The van der Waals surface area contributed by atoms with Crippen molar-refractivity contribution < 1.29 is 0 Å². The lowest BCUT2D eigenvalue weighted by atomic mass is 9.66. The number of piperidine rings is 1. The molecule has 2 nitrogen and oxygen atoms in total. The number of hydrogen-bond donors (Lipinski definition) is 0. The van der Waals surface area contributed by atoms with Gasteiger partial charge in [-0.3, -0.25) is 0 Å². The Kier molecular flexibility index (Phi) is 11.3. The summed E-state index contributed by atoms with van der Waals surface area (Å²) >= 11 is 0. The fourth-order valence-electron chi connectivity index (χ4n) is 5.78. The van der Waals surface area contributed by atoms with E-state index in [0.717, 1.165) is 29.6 Å². The van der Waals surface area contributed by atoms with Gasteiger partial charge in [0.1, 0.15) is 0 Å². The Bertz CT molecular complexity index is 494. The van der Waals surface area contributed by atoms with Crippen LogP contribution in [0.3, 0.4) is 0 Å². The zero-order chi connectivity index (χ0) is 24.9. The Hall–Kier alpha value is -0.0800. The van der Waals surface area contributed by atoms with Gasteiger partial charge in [-0.05, 0) is 105 Å². The molecule has 2 heteroatoms. The molecule has 2 unspecified atom stereocenters. The van der Waals surface area contributed by atoms with Gasteiger partial charge in [-0.25, -0.2) is 0 Å². The van der Waals surface area contributed by atoms with E-state index in [1.165, 1.54) is 58.3 Å². The van der Waals surface area contributed by atoms with Crippen LogP contribution in [0.25, 0.3) is 0 Å². The van der Waals surface area contributed by atoms with Gasteiger partial charge in [0.2, 0.25) is 0 Å². The maximum Gasteiger partial charge on any atom is 0.00240 e. The van der Waals surface area contributed by atoms with E-state index < -0.39 is 0 Å². The van der Waals surface area contributed by atoms with Gasteiger partial charge in [0, 0.05) is 13.1 Å². The van der Waals surface area contributed by atoms with Crippen molar-refractivity contribution in [2.24, 2.45) is 45.8 Å². The molecule has 0 aromatic carbocycles. The van der Waals surface area contributed by atoms with E-state index in [2.05, 4.69) is 100 Å². The van der Waals surface area contributed by atoms with E-state index in [1.807, 2.05) is 0 Å². The molecular formula is C30H62N2. The molecule has 2 aliphatic heterocycles. The molecule has 2 heterocycles. The quantitative estimate of drug-likeness (QED) is 0.368. The molecule has 0 spiro atoms. The van der Waals surface area contributed by atoms with E-state index in [-0.39, 0.29) is 0 Å². The van der Waals surface area contributed by atoms with Crippen LogP contribution in [-0.4, -0.2) is 50.1 Å². The summed E-state index contributed by atoms with van der Waals surface area (Å²) in [6, 6.07) is 0. The van der Waals surface area contributed by atoms with Crippen molar-refractivity contribution in [3.63, 3.8) is 0 Å². The molecule has 0 aromatic heterocycles. The zero-order valence-electron chi connectivity index (χ0n) is 24.6.